The average Bonchev–Trinajstić information content (AvgIpc) is 2.65. The van der Waals surface area contributed by atoms with Gasteiger partial charge in [0.05, 0.1) is 30.7 Å². The Hall–Kier alpha value is -2.41. The SMILES string of the molecule is CC(=O)N1CCC2(CC1)C(C(=O)NC1COC1)c1ccccc1C(=O)N2C(C)C. The van der Waals surface area contributed by atoms with Gasteiger partial charge in [-0.05, 0) is 38.3 Å². The Bertz CT molecular complexity index is 825. The second-order valence-corrected chi connectivity index (χ2v) is 8.64. The van der Waals surface area contributed by atoms with E-state index in [9.17, 15) is 14.4 Å². The molecule has 1 spiro atoms. The summed E-state index contributed by atoms with van der Waals surface area (Å²) in [5.74, 6) is -0.511. The highest BCUT2D eigenvalue weighted by molar-refractivity contribution is 6.02. The number of amides is 3. The van der Waals surface area contributed by atoms with Crippen LogP contribution in [0.1, 0.15) is 55.5 Å². The first-order valence-electron chi connectivity index (χ1n) is 10.4. The number of nitrogens with zero attached hydrogens (tertiary/aromatic N) is 2. The molecule has 3 aliphatic rings. The summed E-state index contributed by atoms with van der Waals surface area (Å²) in [6.07, 6.45) is 1.17. The minimum atomic E-state index is -0.639. The van der Waals surface area contributed by atoms with Crippen LogP contribution in [-0.4, -0.2) is 71.4 Å². The maximum absolute atomic E-state index is 13.5. The standard InChI is InChI=1S/C22H29N3O4/c1-14(2)25-21(28)18-7-5-4-6-17(18)19(20(27)23-16-12-29-13-16)22(25)8-10-24(11-9-22)15(3)26/h4-7,14,16,19H,8-13H2,1-3H3,(H,23,27). The number of nitrogens with one attached hydrogen (secondary N) is 1. The fourth-order valence-electron chi connectivity index (χ4n) is 5.18. The molecule has 156 valence electrons. The fraction of sp³-hybridized carbons (Fsp3) is 0.591. The van der Waals surface area contributed by atoms with Crippen LogP contribution >= 0.6 is 0 Å². The van der Waals surface area contributed by atoms with Crippen LogP contribution in [0.15, 0.2) is 24.3 Å². The third-order valence-electron chi connectivity index (χ3n) is 6.58. The number of likely N-dealkylation sites (tertiary alicyclic amines) is 1. The van der Waals surface area contributed by atoms with Crippen molar-refractivity contribution in [2.45, 2.75) is 57.2 Å². The highest BCUT2D eigenvalue weighted by Crippen LogP contribution is 2.48. The maximum Gasteiger partial charge on any atom is 0.254 e. The second kappa shape index (κ2) is 7.44. The Morgan fingerprint density at radius 1 is 1.17 bits per heavy atom. The third-order valence-corrected chi connectivity index (χ3v) is 6.58. The molecule has 1 N–H and O–H groups in total. The molecule has 0 bridgehead atoms. The van der Waals surface area contributed by atoms with Crippen LogP contribution in [0.5, 0.6) is 0 Å². The molecule has 1 aromatic carbocycles. The molecule has 0 saturated carbocycles. The van der Waals surface area contributed by atoms with E-state index >= 15 is 0 Å². The van der Waals surface area contributed by atoms with Gasteiger partial charge in [-0.2, -0.15) is 0 Å². The molecule has 0 radical (unpaired) electrons. The van der Waals surface area contributed by atoms with Crippen molar-refractivity contribution in [3.63, 3.8) is 0 Å². The molecule has 2 saturated heterocycles. The van der Waals surface area contributed by atoms with E-state index in [-0.39, 0.29) is 29.8 Å². The van der Waals surface area contributed by atoms with Crippen LogP contribution in [0.25, 0.3) is 0 Å². The van der Waals surface area contributed by atoms with Gasteiger partial charge in [0.25, 0.3) is 5.91 Å². The van der Waals surface area contributed by atoms with Gasteiger partial charge >= 0.3 is 0 Å². The lowest BCUT2D eigenvalue weighted by Gasteiger charge is -2.56. The second-order valence-electron chi connectivity index (χ2n) is 8.64. The predicted octanol–water partition coefficient (Wildman–Crippen LogP) is 1.53. The lowest BCUT2D eigenvalue weighted by molar-refractivity contribution is -0.136. The summed E-state index contributed by atoms with van der Waals surface area (Å²) in [7, 11) is 0. The summed E-state index contributed by atoms with van der Waals surface area (Å²) in [6, 6.07) is 7.43. The van der Waals surface area contributed by atoms with E-state index in [0.29, 0.717) is 44.7 Å². The number of piperidine rings is 1. The number of carbonyl (C=O) groups excluding carboxylic acids is 3. The van der Waals surface area contributed by atoms with Crippen molar-refractivity contribution < 1.29 is 19.1 Å². The Morgan fingerprint density at radius 3 is 2.38 bits per heavy atom. The monoisotopic (exact) mass is 399 g/mol. The molecular formula is C22H29N3O4. The quantitative estimate of drug-likeness (QED) is 0.836. The summed E-state index contributed by atoms with van der Waals surface area (Å²) < 4.78 is 5.22. The molecule has 2 fully saturated rings. The van der Waals surface area contributed by atoms with Crippen molar-refractivity contribution in [3.8, 4) is 0 Å². The zero-order chi connectivity index (χ0) is 20.8. The van der Waals surface area contributed by atoms with Gasteiger partial charge in [-0.15, -0.1) is 0 Å². The summed E-state index contributed by atoms with van der Waals surface area (Å²) in [5.41, 5.74) is 0.759. The zero-order valence-electron chi connectivity index (χ0n) is 17.3. The Kier molecular flexibility index (Phi) is 5.11. The highest BCUT2D eigenvalue weighted by Gasteiger charge is 2.56. The number of hydrogen-bond acceptors (Lipinski definition) is 4. The lowest BCUT2D eigenvalue weighted by atomic mass is 9.66. The third kappa shape index (κ3) is 3.21. The van der Waals surface area contributed by atoms with Crippen molar-refractivity contribution in [2.75, 3.05) is 26.3 Å². The lowest BCUT2D eigenvalue weighted by Crippen LogP contribution is -2.68. The number of carbonyl (C=O) groups is 3. The van der Waals surface area contributed by atoms with E-state index in [2.05, 4.69) is 5.32 Å². The molecule has 4 rings (SSSR count). The molecule has 3 aliphatic heterocycles. The number of benzene rings is 1. The molecule has 29 heavy (non-hydrogen) atoms. The van der Waals surface area contributed by atoms with E-state index in [0.717, 1.165) is 5.56 Å². The van der Waals surface area contributed by atoms with Gasteiger partial charge in [-0.25, -0.2) is 0 Å². The predicted molar refractivity (Wildman–Crippen MR) is 107 cm³/mol. The minimum absolute atomic E-state index is 0.0224. The molecule has 0 aromatic heterocycles. The summed E-state index contributed by atoms with van der Waals surface area (Å²) >= 11 is 0. The van der Waals surface area contributed by atoms with Crippen LogP contribution in [0, 0.1) is 0 Å². The van der Waals surface area contributed by atoms with Gasteiger partial charge in [0.1, 0.15) is 0 Å². The van der Waals surface area contributed by atoms with Gasteiger partial charge in [0.15, 0.2) is 0 Å². The molecule has 1 unspecified atom stereocenters. The van der Waals surface area contributed by atoms with E-state index < -0.39 is 11.5 Å². The van der Waals surface area contributed by atoms with Crippen LogP contribution in [0.4, 0.5) is 0 Å². The molecule has 1 aromatic rings. The first-order valence-corrected chi connectivity index (χ1v) is 10.4. The molecule has 7 nitrogen and oxygen atoms in total. The number of fused-ring (bicyclic) bond motifs is 1. The first-order chi connectivity index (χ1) is 13.8. The molecule has 3 amide bonds. The van der Waals surface area contributed by atoms with Crippen molar-refractivity contribution in [1.82, 2.24) is 15.1 Å². The number of hydrogen-bond donors (Lipinski definition) is 1. The van der Waals surface area contributed by atoms with Gasteiger partial charge in [0, 0.05) is 31.6 Å². The van der Waals surface area contributed by atoms with E-state index in [1.807, 2.05) is 47.9 Å². The van der Waals surface area contributed by atoms with Gasteiger partial charge in [-0.3, -0.25) is 14.4 Å². The fourth-order valence-corrected chi connectivity index (χ4v) is 5.18. The summed E-state index contributed by atoms with van der Waals surface area (Å²) in [4.78, 5) is 42.7. The van der Waals surface area contributed by atoms with Crippen molar-refractivity contribution >= 4 is 17.7 Å². The molecule has 0 aliphatic carbocycles. The van der Waals surface area contributed by atoms with Gasteiger partial charge in [-0.1, -0.05) is 18.2 Å². The number of rotatable bonds is 3. The molecule has 3 heterocycles. The smallest absolute Gasteiger partial charge is 0.254 e. The normalized spacial score (nSPS) is 23.7. The Morgan fingerprint density at radius 2 is 1.83 bits per heavy atom. The summed E-state index contributed by atoms with van der Waals surface area (Å²) in [5, 5.41) is 3.12. The zero-order valence-corrected chi connectivity index (χ0v) is 17.3. The van der Waals surface area contributed by atoms with Crippen LogP contribution in [0.2, 0.25) is 0 Å². The molecule has 7 heteroatoms. The topological polar surface area (TPSA) is 79.0 Å². The van der Waals surface area contributed by atoms with Crippen LogP contribution in [0.3, 0.4) is 0 Å². The van der Waals surface area contributed by atoms with Crippen LogP contribution in [-0.2, 0) is 14.3 Å². The van der Waals surface area contributed by atoms with Crippen LogP contribution < -0.4 is 5.32 Å². The van der Waals surface area contributed by atoms with E-state index in [1.165, 1.54) is 0 Å². The minimum Gasteiger partial charge on any atom is -0.377 e. The van der Waals surface area contributed by atoms with E-state index in [1.54, 1.807) is 6.92 Å². The summed E-state index contributed by atoms with van der Waals surface area (Å²) in [6.45, 7) is 7.71. The van der Waals surface area contributed by atoms with E-state index in [4.69, 9.17) is 4.74 Å². The number of ether oxygens (including phenoxy) is 1. The van der Waals surface area contributed by atoms with Gasteiger partial charge < -0.3 is 19.9 Å². The maximum atomic E-state index is 13.5. The molecule has 1 atom stereocenters. The highest BCUT2D eigenvalue weighted by atomic mass is 16.5. The van der Waals surface area contributed by atoms with Crippen molar-refractivity contribution in [3.05, 3.63) is 35.4 Å². The van der Waals surface area contributed by atoms with Crippen molar-refractivity contribution in [1.29, 1.82) is 0 Å². The Labute approximate surface area is 171 Å². The first kappa shape index (κ1) is 19.9. The Balaban J connectivity index is 1.80. The van der Waals surface area contributed by atoms with Gasteiger partial charge in [0.2, 0.25) is 11.8 Å². The average molecular weight is 399 g/mol. The van der Waals surface area contributed by atoms with Crippen molar-refractivity contribution in [2.24, 2.45) is 0 Å². The molecular weight excluding hydrogens is 370 g/mol. The largest absolute Gasteiger partial charge is 0.377 e.